The molecule has 0 aromatic heterocycles. The van der Waals surface area contributed by atoms with Crippen molar-refractivity contribution in [2.75, 3.05) is 14.2 Å². The maximum Gasteiger partial charge on any atom is 0.271 e. The van der Waals surface area contributed by atoms with Gasteiger partial charge in [0.05, 0.1) is 20.4 Å². The van der Waals surface area contributed by atoms with Crippen molar-refractivity contribution in [3.05, 3.63) is 59.2 Å². The summed E-state index contributed by atoms with van der Waals surface area (Å²) in [7, 11) is 3.16. The Bertz CT molecular complexity index is 760. The van der Waals surface area contributed by atoms with Gasteiger partial charge in [-0.15, -0.1) is 0 Å². The second-order valence-electron chi connectivity index (χ2n) is 6.63. The molecule has 0 heterocycles. The highest BCUT2D eigenvalue weighted by Gasteiger charge is 2.14. The lowest BCUT2D eigenvalue weighted by molar-refractivity contribution is 0.0955. The van der Waals surface area contributed by atoms with Crippen LogP contribution in [0.5, 0.6) is 11.5 Å². The fourth-order valence-corrected chi connectivity index (χ4v) is 2.27. The van der Waals surface area contributed by atoms with E-state index in [1.807, 2.05) is 18.2 Å². The van der Waals surface area contributed by atoms with Crippen molar-refractivity contribution in [3.63, 3.8) is 0 Å². The van der Waals surface area contributed by atoms with Crippen molar-refractivity contribution in [1.29, 1.82) is 0 Å². The molecule has 5 nitrogen and oxygen atoms in total. The molecule has 132 valence electrons. The molecule has 0 aliphatic carbocycles. The first-order valence-electron chi connectivity index (χ1n) is 8.01. The van der Waals surface area contributed by atoms with Crippen molar-refractivity contribution in [2.45, 2.75) is 26.2 Å². The van der Waals surface area contributed by atoms with Gasteiger partial charge in [-0.2, -0.15) is 5.10 Å². The van der Waals surface area contributed by atoms with Gasteiger partial charge in [0.25, 0.3) is 5.91 Å². The van der Waals surface area contributed by atoms with Crippen molar-refractivity contribution >= 4 is 12.1 Å². The fraction of sp³-hybridized carbons (Fsp3) is 0.300. The SMILES string of the molecule is COc1ccc(/C=N\NC(=O)c2ccc(C(C)(C)C)cc2)c(OC)c1. The van der Waals surface area contributed by atoms with Gasteiger partial charge >= 0.3 is 0 Å². The number of nitrogens with zero attached hydrogens (tertiary/aromatic N) is 1. The van der Waals surface area contributed by atoms with Crippen LogP contribution < -0.4 is 14.9 Å². The third kappa shape index (κ3) is 4.83. The Kier molecular flexibility index (Phi) is 5.80. The molecule has 0 unspecified atom stereocenters. The Balaban J connectivity index is 2.05. The van der Waals surface area contributed by atoms with Crippen LogP contribution in [0.25, 0.3) is 0 Å². The first-order chi connectivity index (χ1) is 11.8. The molecular weight excluding hydrogens is 316 g/mol. The summed E-state index contributed by atoms with van der Waals surface area (Å²) in [6.45, 7) is 6.40. The van der Waals surface area contributed by atoms with Gasteiger partial charge in [-0.1, -0.05) is 32.9 Å². The summed E-state index contributed by atoms with van der Waals surface area (Å²) in [5, 5.41) is 4.01. The van der Waals surface area contributed by atoms with Crippen LogP contribution in [0.2, 0.25) is 0 Å². The largest absolute Gasteiger partial charge is 0.497 e. The second kappa shape index (κ2) is 7.83. The zero-order valence-corrected chi connectivity index (χ0v) is 15.3. The third-order valence-corrected chi connectivity index (χ3v) is 3.82. The molecule has 2 rings (SSSR count). The maximum atomic E-state index is 12.2. The smallest absolute Gasteiger partial charge is 0.271 e. The van der Waals surface area contributed by atoms with Crippen molar-refractivity contribution in [3.8, 4) is 11.5 Å². The average molecular weight is 340 g/mol. The van der Waals surface area contributed by atoms with Gasteiger partial charge < -0.3 is 9.47 Å². The number of ether oxygens (including phenoxy) is 2. The molecule has 0 saturated heterocycles. The number of methoxy groups -OCH3 is 2. The molecule has 25 heavy (non-hydrogen) atoms. The molecule has 5 heteroatoms. The van der Waals surface area contributed by atoms with E-state index in [4.69, 9.17) is 9.47 Å². The van der Waals surface area contributed by atoms with Crippen LogP contribution >= 0.6 is 0 Å². The van der Waals surface area contributed by atoms with Crippen LogP contribution in [0.1, 0.15) is 42.3 Å². The van der Waals surface area contributed by atoms with Gasteiger partial charge in [-0.05, 0) is 35.2 Å². The summed E-state index contributed by atoms with van der Waals surface area (Å²) in [6.07, 6.45) is 1.54. The van der Waals surface area contributed by atoms with Crippen LogP contribution in [0.3, 0.4) is 0 Å². The number of hydrazone groups is 1. The molecule has 0 saturated carbocycles. The Morgan fingerprint density at radius 2 is 1.72 bits per heavy atom. The minimum Gasteiger partial charge on any atom is -0.497 e. The predicted octanol–water partition coefficient (Wildman–Crippen LogP) is 3.77. The number of carbonyl (C=O) groups excluding carboxylic acids is 1. The van der Waals surface area contributed by atoms with E-state index in [-0.39, 0.29) is 11.3 Å². The zero-order valence-electron chi connectivity index (χ0n) is 15.3. The highest BCUT2D eigenvalue weighted by molar-refractivity contribution is 5.95. The second-order valence-corrected chi connectivity index (χ2v) is 6.63. The summed E-state index contributed by atoms with van der Waals surface area (Å²) in [5.41, 5.74) is 5.06. The first kappa shape index (κ1) is 18.5. The van der Waals surface area contributed by atoms with Crippen LogP contribution in [-0.2, 0) is 5.41 Å². The molecule has 2 aromatic carbocycles. The molecule has 1 N–H and O–H groups in total. The zero-order chi connectivity index (χ0) is 18.4. The van der Waals surface area contributed by atoms with Gasteiger partial charge in [0.15, 0.2) is 0 Å². The normalized spacial score (nSPS) is 11.4. The van der Waals surface area contributed by atoms with Crippen molar-refractivity contribution in [1.82, 2.24) is 5.43 Å². The van der Waals surface area contributed by atoms with Crippen LogP contribution in [0.15, 0.2) is 47.6 Å². The number of hydrogen-bond acceptors (Lipinski definition) is 4. The van der Waals surface area contributed by atoms with Gasteiger partial charge in [-0.3, -0.25) is 4.79 Å². The molecule has 0 aliphatic rings. The number of benzene rings is 2. The quantitative estimate of drug-likeness (QED) is 0.666. The number of carbonyl (C=O) groups is 1. The van der Waals surface area contributed by atoms with Crippen LogP contribution in [-0.4, -0.2) is 26.3 Å². The van der Waals surface area contributed by atoms with Crippen LogP contribution in [0.4, 0.5) is 0 Å². The molecule has 0 fully saturated rings. The molecule has 0 atom stereocenters. The standard InChI is InChI=1S/C20H24N2O3/c1-20(2,3)16-9-6-14(7-10-16)19(23)22-21-13-15-8-11-17(24-4)12-18(15)25-5/h6-13H,1-5H3,(H,22,23)/b21-13-. The number of rotatable bonds is 5. The summed E-state index contributed by atoms with van der Waals surface area (Å²) in [5.74, 6) is 1.05. The van der Waals surface area contributed by atoms with E-state index in [0.717, 1.165) is 5.56 Å². The Morgan fingerprint density at radius 1 is 1.04 bits per heavy atom. The molecule has 0 radical (unpaired) electrons. The molecular formula is C20H24N2O3. The number of hydrogen-bond donors (Lipinski definition) is 1. The van der Waals surface area contributed by atoms with E-state index in [1.165, 1.54) is 5.56 Å². The van der Waals surface area contributed by atoms with Gasteiger partial charge in [0.2, 0.25) is 0 Å². The predicted molar refractivity (Wildman–Crippen MR) is 99.7 cm³/mol. The van der Waals surface area contributed by atoms with Gasteiger partial charge in [0, 0.05) is 17.2 Å². The summed E-state index contributed by atoms with van der Waals surface area (Å²) >= 11 is 0. The van der Waals surface area contributed by atoms with E-state index in [2.05, 4.69) is 31.3 Å². The molecule has 0 spiro atoms. The number of amides is 1. The molecule has 2 aromatic rings. The third-order valence-electron chi connectivity index (χ3n) is 3.82. The lowest BCUT2D eigenvalue weighted by Gasteiger charge is -2.18. The highest BCUT2D eigenvalue weighted by atomic mass is 16.5. The van der Waals surface area contributed by atoms with E-state index < -0.39 is 0 Å². The fourth-order valence-electron chi connectivity index (χ4n) is 2.27. The Hall–Kier alpha value is -2.82. The van der Waals surface area contributed by atoms with Gasteiger partial charge in [-0.25, -0.2) is 5.43 Å². The van der Waals surface area contributed by atoms with E-state index >= 15 is 0 Å². The van der Waals surface area contributed by atoms with Crippen LogP contribution in [0, 0.1) is 0 Å². The molecule has 1 amide bonds. The lowest BCUT2D eigenvalue weighted by Crippen LogP contribution is -2.18. The monoisotopic (exact) mass is 340 g/mol. The minimum atomic E-state index is -0.260. The van der Waals surface area contributed by atoms with E-state index in [9.17, 15) is 4.79 Å². The lowest BCUT2D eigenvalue weighted by atomic mass is 9.87. The summed E-state index contributed by atoms with van der Waals surface area (Å²) in [6, 6.07) is 12.9. The highest BCUT2D eigenvalue weighted by Crippen LogP contribution is 2.23. The first-order valence-corrected chi connectivity index (χ1v) is 8.01. The minimum absolute atomic E-state index is 0.0536. The average Bonchev–Trinajstić information content (AvgIpc) is 2.61. The van der Waals surface area contributed by atoms with Crippen molar-refractivity contribution in [2.24, 2.45) is 5.10 Å². The van der Waals surface area contributed by atoms with E-state index in [0.29, 0.717) is 17.1 Å². The Morgan fingerprint density at radius 3 is 2.28 bits per heavy atom. The topological polar surface area (TPSA) is 59.9 Å². The Labute approximate surface area is 148 Å². The summed E-state index contributed by atoms with van der Waals surface area (Å²) < 4.78 is 10.4. The number of nitrogens with one attached hydrogen (secondary N) is 1. The molecule has 0 bridgehead atoms. The summed E-state index contributed by atoms with van der Waals surface area (Å²) in [4.78, 5) is 12.2. The van der Waals surface area contributed by atoms with E-state index in [1.54, 1.807) is 44.7 Å². The van der Waals surface area contributed by atoms with Gasteiger partial charge in [0.1, 0.15) is 11.5 Å². The molecule has 0 aliphatic heterocycles. The maximum absolute atomic E-state index is 12.2. The van der Waals surface area contributed by atoms with Crippen molar-refractivity contribution < 1.29 is 14.3 Å².